The summed E-state index contributed by atoms with van der Waals surface area (Å²) in [5.74, 6) is 5.76. The molecule has 4 heteroatoms. The van der Waals surface area contributed by atoms with Crippen molar-refractivity contribution in [3.8, 4) is 0 Å². The minimum absolute atomic E-state index is 0.0224. The highest BCUT2D eigenvalue weighted by Gasteiger charge is 2.23. The van der Waals surface area contributed by atoms with Gasteiger partial charge in [-0.3, -0.25) is 11.3 Å². The smallest absolute Gasteiger partial charge is 0.0994 e. The Morgan fingerprint density at radius 2 is 1.90 bits per heavy atom. The fourth-order valence-electron chi connectivity index (χ4n) is 2.44. The molecule has 0 aliphatic rings. The first-order chi connectivity index (χ1) is 10.2. The summed E-state index contributed by atoms with van der Waals surface area (Å²) in [7, 11) is 0. The molecular weight excluding hydrogens is 284 g/mol. The molecule has 112 valence electrons. The van der Waals surface area contributed by atoms with Crippen molar-refractivity contribution in [1.82, 2.24) is 5.43 Å². The Balaban J connectivity index is 2.20. The van der Waals surface area contributed by atoms with E-state index >= 15 is 0 Å². The molecular formula is C17H21ClN2O. The number of benzene rings is 2. The van der Waals surface area contributed by atoms with Gasteiger partial charge in [0.2, 0.25) is 0 Å². The third-order valence-corrected chi connectivity index (χ3v) is 3.63. The molecule has 2 aromatic carbocycles. The summed E-state index contributed by atoms with van der Waals surface area (Å²) in [4.78, 5) is 0. The van der Waals surface area contributed by atoms with Crippen molar-refractivity contribution in [2.45, 2.75) is 25.5 Å². The number of nitrogens with two attached hydrogens (primary N) is 1. The van der Waals surface area contributed by atoms with Crippen LogP contribution in [0.5, 0.6) is 0 Å². The number of hydrazine groups is 1. The lowest BCUT2D eigenvalue weighted by Crippen LogP contribution is -2.42. The van der Waals surface area contributed by atoms with Crippen LogP contribution in [0.25, 0.3) is 0 Å². The van der Waals surface area contributed by atoms with Gasteiger partial charge in [-0.15, -0.1) is 0 Å². The molecule has 0 fully saturated rings. The fraction of sp³-hybridized carbons (Fsp3) is 0.294. The van der Waals surface area contributed by atoms with Gasteiger partial charge in [0.15, 0.2) is 0 Å². The standard InChI is InChI=1S/C17H21ClN2O/c1-2-21-17(14-8-4-3-5-9-14)16(20-19)12-13-7-6-10-15(18)11-13/h3-11,16-17,20H,2,12,19H2,1H3. The van der Waals surface area contributed by atoms with Gasteiger partial charge in [-0.2, -0.15) is 0 Å². The van der Waals surface area contributed by atoms with E-state index in [0.717, 1.165) is 22.6 Å². The van der Waals surface area contributed by atoms with Crippen molar-refractivity contribution in [1.29, 1.82) is 0 Å². The van der Waals surface area contributed by atoms with Gasteiger partial charge in [-0.1, -0.05) is 54.1 Å². The van der Waals surface area contributed by atoms with Crippen LogP contribution in [0.2, 0.25) is 5.02 Å². The molecule has 21 heavy (non-hydrogen) atoms. The second-order valence-electron chi connectivity index (χ2n) is 4.89. The minimum Gasteiger partial charge on any atom is -0.372 e. The van der Waals surface area contributed by atoms with E-state index < -0.39 is 0 Å². The van der Waals surface area contributed by atoms with Gasteiger partial charge in [0.1, 0.15) is 0 Å². The SMILES string of the molecule is CCOC(c1ccccc1)C(Cc1cccc(Cl)c1)NN. The van der Waals surface area contributed by atoms with Crippen molar-refractivity contribution in [2.24, 2.45) is 5.84 Å². The maximum Gasteiger partial charge on any atom is 0.0994 e. The van der Waals surface area contributed by atoms with Gasteiger partial charge >= 0.3 is 0 Å². The number of rotatable bonds is 7. The van der Waals surface area contributed by atoms with Crippen LogP contribution in [-0.4, -0.2) is 12.6 Å². The summed E-state index contributed by atoms with van der Waals surface area (Å²) in [5.41, 5.74) is 5.13. The molecule has 0 spiro atoms. The molecule has 0 saturated heterocycles. The average molecular weight is 305 g/mol. The topological polar surface area (TPSA) is 47.3 Å². The molecule has 2 rings (SSSR count). The van der Waals surface area contributed by atoms with Crippen LogP contribution in [0.4, 0.5) is 0 Å². The zero-order valence-corrected chi connectivity index (χ0v) is 12.9. The number of hydrogen-bond donors (Lipinski definition) is 2. The lowest BCUT2D eigenvalue weighted by atomic mass is 9.96. The highest BCUT2D eigenvalue weighted by Crippen LogP contribution is 2.24. The molecule has 2 atom stereocenters. The van der Waals surface area contributed by atoms with Crippen molar-refractivity contribution in [3.05, 3.63) is 70.7 Å². The predicted molar refractivity (Wildman–Crippen MR) is 87.1 cm³/mol. The van der Waals surface area contributed by atoms with Crippen LogP contribution in [0.15, 0.2) is 54.6 Å². The lowest BCUT2D eigenvalue weighted by molar-refractivity contribution is 0.0332. The molecule has 3 nitrogen and oxygen atoms in total. The van der Waals surface area contributed by atoms with Crippen molar-refractivity contribution >= 4 is 11.6 Å². The molecule has 3 N–H and O–H groups in total. The Bertz CT molecular complexity index is 547. The van der Waals surface area contributed by atoms with Gasteiger partial charge in [0.25, 0.3) is 0 Å². The molecule has 0 aromatic heterocycles. The molecule has 0 heterocycles. The summed E-state index contributed by atoms with van der Waals surface area (Å²) < 4.78 is 5.91. The first-order valence-corrected chi connectivity index (χ1v) is 7.49. The van der Waals surface area contributed by atoms with E-state index in [1.165, 1.54) is 0 Å². The van der Waals surface area contributed by atoms with E-state index in [-0.39, 0.29) is 12.1 Å². The number of nitrogens with one attached hydrogen (secondary N) is 1. The van der Waals surface area contributed by atoms with E-state index in [1.807, 2.05) is 49.4 Å². The Kier molecular flexibility index (Phi) is 6.21. The van der Waals surface area contributed by atoms with Gasteiger partial charge in [-0.25, -0.2) is 0 Å². The Hall–Kier alpha value is -1.39. The number of halogens is 1. The Labute approximate surface area is 131 Å². The summed E-state index contributed by atoms with van der Waals surface area (Å²) in [5, 5.41) is 0.732. The molecule has 0 amide bonds. The van der Waals surface area contributed by atoms with Crippen LogP contribution in [-0.2, 0) is 11.2 Å². The maximum atomic E-state index is 6.05. The summed E-state index contributed by atoms with van der Waals surface area (Å²) in [6.07, 6.45) is 0.650. The van der Waals surface area contributed by atoms with Crippen LogP contribution in [0.3, 0.4) is 0 Å². The summed E-state index contributed by atoms with van der Waals surface area (Å²) >= 11 is 6.05. The first-order valence-electron chi connectivity index (χ1n) is 7.11. The van der Waals surface area contributed by atoms with Gasteiger partial charge in [0, 0.05) is 11.6 Å². The zero-order valence-electron chi connectivity index (χ0n) is 12.1. The Morgan fingerprint density at radius 3 is 2.52 bits per heavy atom. The molecule has 2 aromatic rings. The summed E-state index contributed by atoms with van der Waals surface area (Å²) in [6.45, 7) is 2.62. The minimum atomic E-state index is -0.0971. The van der Waals surface area contributed by atoms with E-state index in [2.05, 4.69) is 17.6 Å². The van der Waals surface area contributed by atoms with Crippen LogP contribution >= 0.6 is 11.6 Å². The van der Waals surface area contributed by atoms with E-state index in [9.17, 15) is 0 Å². The second-order valence-corrected chi connectivity index (χ2v) is 5.33. The number of hydrogen-bond acceptors (Lipinski definition) is 3. The van der Waals surface area contributed by atoms with Crippen LogP contribution in [0.1, 0.15) is 24.2 Å². The molecule has 0 radical (unpaired) electrons. The third kappa shape index (κ3) is 4.55. The normalized spacial score (nSPS) is 13.9. The van der Waals surface area contributed by atoms with Crippen LogP contribution in [0, 0.1) is 0 Å². The average Bonchev–Trinajstić information content (AvgIpc) is 2.51. The second kappa shape index (κ2) is 8.15. The maximum absolute atomic E-state index is 6.05. The molecule has 2 unspecified atom stereocenters. The molecule has 0 aliphatic heterocycles. The summed E-state index contributed by atoms with van der Waals surface area (Å²) in [6, 6.07) is 17.9. The quantitative estimate of drug-likeness (QED) is 0.608. The molecule has 0 aliphatic carbocycles. The van der Waals surface area contributed by atoms with Crippen molar-refractivity contribution in [2.75, 3.05) is 6.61 Å². The van der Waals surface area contributed by atoms with Crippen LogP contribution < -0.4 is 11.3 Å². The highest BCUT2D eigenvalue weighted by molar-refractivity contribution is 6.30. The van der Waals surface area contributed by atoms with E-state index in [1.54, 1.807) is 0 Å². The fourth-order valence-corrected chi connectivity index (χ4v) is 2.65. The van der Waals surface area contributed by atoms with Gasteiger partial charge in [-0.05, 0) is 36.6 Å². The highest BCUT2D eigenvalue weighted by atomic mass is 35.5. The monoisotopic (exact) mass is 304 g/mol. The third-order valence-electron chi connectivity index (χ3n) is 3.40. The lowest BCUT2D eigenvalue weighted by Gasteiger charge is -2.27. The zero-order chi connectivity index (χ0) is 15.1. The first kappa shape index (κ1) is 16.0. The largest absolute Gasteiger partial charge is 0.372 e. The van der Waals surface area contributed by atoms with Gasteiger partial charge < -0.3 is 4.74 Å². The van der Waals surface area contributed by atoms with Crippen molar-refractivity contribution < 1.29 is 4.74 Å². The Morgan fingerprint density at radius 1 is 1.14 bits per heavy atom. The van der Waals surface area contributed by atoms with E-state index in [0.29, 0.717) is 6.61 Å². The molecule has 0 bridgehead atoms. The van der Waals surface area contributed by atoms with Crippen molar-refractivity contribution in [3.63, 3.8) is 0 Å². The predicted octanol–water partition coefficient (Wildman–Crippen LogP) is 3.49. The number of ether oxygens (including phenoxy) is 1. The van der Waals surface area contributed by atoms with Gasteiger partial charge in [0.05, 0.1) is 12.1 Å². The molecule has 0 saturated carbocycles. The van der Waals surface area contributed by atoms with E-state index in [4.69, 9.17) is 22.2 Å².